The number of methoxy groups -OCH3 is 1. The minimum absolute atomic E-state index is 0.121. The van der Waals surface area contributed by atoms with Gasteiger partial charge in [0.15, 0.2) is 0 Å². The van der Waals surface area contributed by atoms with Crippen LogP contribution in [0.5, 0.6) is 5.75 Å². The van der Waals surface area contributed by atoms with Crippen LogP contribution in [0, 0.1) is 17.3 Å². The molecule has 8 nitrogen and oxygen atoms in total. The molecule has 4 rings (SSSR count). The van der Waals surface area contributed by atoms with Gasteiger partial charge in [0.1, 0.15) is 17.1 Å². The Bertz CT molecular complexity index is 1200. The van der Waals surface area contributed by atoms with Gasteiger partial charge in [0.25, 0.3) is 0 Å². The van der Waals surface area contributed by atoms with Crippen LogP contribution >= 0.6 is 0 Å². The highest BCUT2D eigenvalue weighted by Crippen LogP contribution is 2.37. The van der Waals surface area contributed by atoms with Crippen molar-refractivity contribution in [1.29, 1.82) is 5.26 Å². The number of aromatic nitrogens is 6. The van der Waals surface area contributed by atoms with Gasteiger partial charge in [0.05, 0.1) is 30.9 Å². The molecule has 0 atom stereocenters. The summed E-state index contributed by atoms with van der Waals surface area (Å²) in [5.74, 6) is 0.101. The van der Waals surface area contributed by atoms with Crippen molar-refractivity contribution in [2.24, 2.45) is 0 Å². The number of nitrogens with zero attached hydrogens (tertiary/aromatic N) is 7. The van der Waals surface area contributed by atoms with Crippen LogP contribution in [-0.4, -0.2) is 37.3 Å². The van der Waals surface area contributed by atoms with Gasteiger partial charge in [-0.05, 0) is 35.5 Å². The molecule has 0 radical (unpaired) electrons. The van der Waals surface area contributed by atoms with Crippen LogP contribution in [0.1, 0.15) is 5.56 Å². The number of hydrogen-bond acceptors (Lipinski definition) is 7. The van der Waals surface area contributed by atoms with E-state index in [0.29, 0.717) is 39.8 Å². The molecule has 0 bridgehead atoms. The van der Waals surface area contributed by atoms with Crippen molar-refractivity contribution in [2.45, 2.75) is 6.42 Å². The fourth-order valence-electron chi connectivity index (χ4n) is 2.95. The van der Waals surface area contributed by atoms with Gasteiger partial charge in [-0.2, -0.15) is 9.65 Å². The van der Waals surface area contributed by atoms with Crippen LogP contribution in [0.15, 0.2) is 54.7 Å². The number of pyridine rings is 2. The molecule has 3 aromatic heterocycles. The fraction of sp³-hybridized carbons (Fsp3) is 0.100. The number of halogens is 1. The lowest BCUT2D eigenvalue weighted by Crippen LogP contribution is -2.06. The lowest BCUT2D eigenvalue weighted by molar-refractivity contribution is 0.411. The highest BCUT2D eigenvalue weighted by Gasteiger charge is 2.21. The number of hydrogen-bond donors (Lipinski definition) is 0. The molecular formula is C20H14FN7O. The molecule has 0 N–H and O–H groups in total. The summed E-state index contributed by atoms with van der Waals surface area (Å²) in [6.45, 7) is 0. The van der Waals surface area contributed by atoms with Crippen molar-refractivity contribution in [3.8, 4) is 40.3 Å². The van der Waals surface area contributed by atoms with Gasteiger partial charge < -0.3 is 4.74 Å². The Morgan fingerprint density at radius 3 is 2.69 bits per heavy atom. The first-order valence-electron chi connectivity index (χ1n) is 8.63. The topological polar surface area (TPSA) is 102 Å². The van der Waals surface area contributed by atoms with Gasteiger partial charge in [0.2, 0.25) is 11.8 Å². The maximum absolute atomic E-state index is 13.8. The second-order valence-electron chi connectivity index (χ2n) is 5.95. The van der Waals surface area contributed by atoms with Crippen molar-refractivity contribution in [3.05, 3.63) is 66.2 Å². The smallest absolute Gasteiger partial charge is 0.223 e. The largest absolute Gasteiger partial charge is 0.496 e. The van der Waals surface area contributed by atoms with Gasteiger partial charge in [-0.15, -0.1) is 15.0 Å². The minimum atomic E-state index is -0.637. The van der Waals surface area contributed by atoms with Crippen LogP contribution in [-0.2, 0) is 6.42 Å². The van der Waals surface area contributed by atoms with E-state index in [-0.39, 0.29) is 6.42 Å². The van der Waals surface area contributed by atoms with E-state index in [1.54, 1.807) is 42.6 Å². The Morgan fingerprint density at radius 1 is 1.10 bits per heavy atom. The summed E-state index contributed by atoms with van der Waals surface area (Å²) in [4.78, 5) is 9.50. The van der Waals surface area contributed by atoms with Crippen molar-refractivity contribution < 1.29 is 9.13 Å². The molecular weight excluding hydrogens is 373 g/mol. The number of ether oxygens (including phenoxy) is 1. The first kappa shape index (κ1) is 18.2. The Hall–Kier alpha value is -4.19. The summed E-state index contributed by atoms with van der Waals surface area (Å²) in [7, 11) is 1.48. The molecule has 0 unspecified atom stereocenters. The number of benzene rings is 1. The minimum Gasteiger partial charge on any atom is -0.496 e. The summed E-state index contributed by atoms with van der Waals surface area (Å²) < 4.78 is 19.4. The van der Waals surface area contributed by atoms with Gasteiger partial charge in [0, 0.05) is 11.8 Å². The Kier molecular flexibility index (Phi) is 4.90. The van der Waals surface area contributed by atoms with Crippen molar-refractivity contribution in [2.75, 3.05) is 7.11 Å². The van der Waals surface area contributed by atoms with Gasteiger partial charge in [-0.1, -0.05) is 18.2 Å². The van der Waals surface area contributed by atoms with E-state index in [1.807, 2.05) is 6.07 Å². The lowest BCUT2D eigenvalue weighted by Gasteiger charge is -2.15. The molecule has 0 fully saturated rings. The molecule has 29 heavy (non-hydrogen) atoms. The van der Waals surface area contributed by atoms with E-state index in [0.717, 1.165) is 0 Å². The van der Waals surface area contributed by atoms with Crippen LogP contribution in [0.25, 0.3) is 28.5 Å². The average molecular weight is 387 g/mol. The number of nitriles is 1. The van der Waals surface area contributed by atoms with E-state index in [4.69, 9.17) is 10.00 Å². The van der Waals surface area contributed by atoms with Gasteiger partial charge in [-0.3, -0.25) is 4.98 Å². The highest BCUT2D eigenvalue weighted by atomic mass is 19.1. The third kappa shape index (κ3) is 3.51. The average Bonchev–Trinajstić information content (AvgIpc) is 3.24. The second-order valence-corrected chi connectivity index (χ2v) is 5.95. The fourth-order valence-corrected chi connectivity index (χ4v) is 2.95. The molecule has 0 saturated carbocycles. The first-order chi connectivity index (χ1) is 14.2. The molecule has 0 aliphatic rings. The van der Waals surface area contributed by atoms with E-state index in [1.165, 1.54) is 18.0 Å². The zero-order valence-corrected chi connectivity index (χ0v) is 15.3. The Labute approximate surface area is 165 Å². The number of tetrazole rings is 1. The predicted octanol–water partition coefficient (Wildman–Crippen LogP) is 3.00. The maximum atomic E-state index is 13.8. The molecule has 9 heteroatoms. The predicted molar refractivity (Wildman–Crippen MR) is 101 cm³/mol. The third-order valence-electron chi connectivity index (χ3n) is 4.19. The monoisotopic (exact) mass is 387 g/mol. The van der Waals surface area contributed by atoms with Crippen molar-refractivity contribution >= 4 is 0 Å². The van der Waals surface area contributed by atoms with Crippen molar-refractivity contribution in [3.63, 3.8) is 0 Å². The Morgan fingerprint density at radius 2 is 1.97 bits per heavy atom. The zero-order valence-electron chi connectivity index (χ0n) is 15.3. The molecule has 142 valence electrons. The molecule has 0 saturated heterocycles. The van der Waals surface area contributed by atoms with E-state index < -0.39 is 5.95 Å². The normalized spacial score (nSPS) is 10.5. The highest BCUT2D eigenvalue weighted by molar-refractivity contribution is 5.78. The molecule has 4 aromatic rings. The van der Waals surface area contributed by atoms with Gasteiger partial charge in [-0.25, -0.2) is 4.98 Å². The van der Waals surface area contributed by atoms with Crippen molar-refractivity contribution in [1.82, 2.24) is 30.2 Å². The van der Waals surface area contributed by atoms with E-state index in [9.17, 15) is 4.39 Å². The molecule has 0 aliphatic heterocycles. The molecule has 0 spiro atoms. The van der Waals surface area contributed by atoms with Crippen LogP contribution in [0.3, 0.4) is 0 Å². The third-order valence-corrected chi connectivity index (χ3v) is 4.19. The van der Waals surface area contributed by atoms with E-state index >= 15 is 0 Å². The Balaban J connectivity index is 1.92. The first-order valence-corrected chi connectivity index (χ1v) is 8.63. The quantitative estimate of drug-likeness (QED) is 0.485. The van der Waals surface area contributed by atoms with Gasteiger partial charge >= 0.3 is 0 Å². The zero-order chi connectivity index (χ0) is 20.2. The summed E-state index contributed by atoms with van der Waals surface area (Å²) >= 11 is 0. The van der Waals surface area contributed by atoms with Crippen LogP contribution in [0.4, 0.5) is 4.39 Å². The molecule has 0 amide bonds. The summed E-state index contributed by atoms with van der Waals surface area (Å²) in [5, 5.41) is 21.7. The van der Waals surface area contributed by atoms with Crippen LogP contribution < -0.4 is 4.74 Å². The lowest BCUT2D eigenvalue weighted by atomic mass is 10.0. The maximum Gasteiger partial charge on any atom is 0.223 e. The summed E-state index contributed by atoms with van der Waals surface area (Å²) in [6.07, 6.45) is 1.76. The second kappa shape index (κ2) is 7.82. The van der Waals surface area contributed by atoms with E-state index in [2.05, 4.69) is 31.4 Å². The molecule has 1 aromatic carbocycles. The standard InChI is InChI=1S/C20H14FN7O/c1-29-19-13(10-11-22)8-9-16(18(19)14-6-4-7-17(21)24-14)28-26-20(25-27-28)15-5-2-3-12-23-15/h2-9,12H,10H2,1H3. The summed E-state index contributed by atoms with van der Waals surface area (Å²) in [6, 6.07) is 15.4. The summed E-state index contributed by atoms with van der Waals surface area (Å²) in [5.41, 5.74) is 2.48. The molecule has 0 aliphatic carbocycles. The number of rotatable bonds is 5. The van der Waals surface area contributed by atoms with Crippen LogP contribution in [0.2, 0.25) is 0 Å². The molecule has 3 heterocycles. The SMILES string of the molecule is COc1c(CC#N)ccc(-n2nnc(-c3ccccn3)n2)c1-c1cccc(F)n1.